The van der Waals surface area contributed by atoms with Gasteiger partial charge in [-0.25, -0.2) is 0 Å². The molecule has 1 aliphatic heterocycles. The lowest BCUT2D eigenvalue weighted by Gasteiger charge is -2.26. The molecule has 106 valence electrons. The van der Waals surface area contributed by atoms with Crippen LogP contribution < -0.4 is 10.6 Å². The molecule has 1 fully saturated rings. The lowest BCUT2D eigenvalue weighted by atomic mass is 10.1. The zero-order valence-electron chi connectivity index (χ0n) is 11.5. The van der Waals surface area contributed by atoms with Crippen molar-refractivity contribution >= 4 is 23.4 Å². The average Bonchev–Trinajstić information content (AvgIpc) is 2.37. The minimum absolute atomic E-state index is 0.0932. The lowest BCUT2D eigenvalue weighted by Crippen LogP contribution is -2.53. The Kier molecular flexibility index (Phi) is 4.02. The number of carbonyl (C=O) groups excluding carboxylic acids is 3. The van der Waals surface area contributed by atoms with E-state index in [-0.39, 0.29) is 19.0 Å². The lowest BCUT2D eigenvalue weighted by molar-refractivity contribution is -0.135. The van der Waals surface area contributed by atoms with E-state index < -0.39 is 11.8 Å². The van der Waals surface area contributed by atoms with Crippen molar-refractivity contribution in [3.05, 3.63) is 29.3 Å². The fourth-order valence-corrected chi connectivity index (χ4v) is 2.13. The van der Waals surface area contributed by atoms with Crippen LogP contribution in [0.3, 0.4) is 0 Å². The molecular weight excluding hydrogens is 258 g/mol. The maximum Gasteiger partial charge on any atom is 0.256 e. The summed E-state index contributed by atoms with van der Waals surface area (Å²) in [5.74, 6) is -1.22. The molecule has 6 nitrogen and oxygen atoms in total. The maximum absolute atomic E-state index is 12.5. The van der Waals surface area contributed by atoms with E-state index in [1.54, 1.807) is 6.07 Å². The van der Waals surface area contributed by atoms with E-state index in [9.17, 15) is 14.4 Å². The van der Waals surface area contributed by atoms with Crippen LogP contribution in [0, 0.1) is 6.92 Å². The molecule has 1 aromatic rings. The number of aryl methyl sites for hydroxylation is 1. The Balaban J connectivity index is 2.28. The first-order valence-corrected chi connectivity index (χ1v) is 6.47. The van der Waals surface area contributed by atoms with E-state index in [1.807, 2.05) is 26.0 Å². The zero-order valence-corrected chi connectivity index (χ0v) is 11.5. The average molecular weight is 275 g/mol. The van der Waals surface area contributed by atoms with Crippen molar-refractivity contribution in [1.82, 2.24) is 10.2 Å². The van der Waals surface area contributed by atoms with Gasteiger partial charge in [0.25, 0.3) is 5.91 Å². The molecule has 1 aliphatic rings. The van der Waals surface area contributed by atoms with Crippen molar-refractivity contribution < 1.29 is 14.4 Å². The Morgan fingerprint density at radius 2 is 1.95 bits per heavy atom. The molecule has 0 aliphatic carbocycles. The molecule has 1 aromatic carbocycles. The maximum atomic E-state index is 12.5. The van der Waals surface area contributed by atoms with Gasteiger partial charge in [0.05, 0.1) is 5.56 Å². The van der Waals surface area contributed by atoms with Gasteiger partial charge in [-0.15, -0.1) is 0 Å². The van der Waals surface area contributed by atoms with Crippen molar-refractivity contribution in [2.75, 3.05) is 25.0 Å². The van der Waals surface area contributed by atoms with Gasteiger partial charge >= 0.3 is 0 Å². The van der Waals surface area contributed by atoms with Crippen molar-refractivity contribution in [3.63, 3.8) is 0 Å². The third kappa shape index (κ3) is 2.96. The molecule has 2 N–H and O–H groups in total. The summed E-state index contributed by atoms with van der Waals surface area (Å²) in [7, 11) is 0. The molecule has 0 aromatic heterocycles. The predicted octanol–water partition coefficient (Wildman–Crippen LogP) is 0.525. The minimum atomic E-state index is -0.452. The van der Waals surface area contributed by atoms with E-state index in [2.05, 4.69) is 10.6 Å². The van der Waals surface area contributed by atoms with E-state index in [0.717, 1.165) is 11.3 Å². The van der Waals surface area contributed by atoms with Gasteiger partial charge in [0.15, 0.2) is 0 Å². The van der Waals surface area contributed by atoms with Gasteiger partial charge in [0, 0.05) is 12.2 Å². The number of nitrogens with one attached hydrogen (secondary N) is 2. The summed E-state index contributed by atoms with van der Waals surface area (Å²) in [4.78, 5) is 36.4. The van der Waals surface area contributed by atoms with E-state index in [1.165, 1.54) is 4.90 Å². The Labute approximate surface area is 117 Å². The number of hydrogen-bond donors (Lipinski definition) is 2. The third-order valence-corrected chi connectivity index (χ3v) is 3.01. The quantitative estimate of drug-likeness (QED) is 0.789. The first-order valence-electron chi connectivity index (χ1n) is 6.47. The van der Waals surface area contributed by atoms with E-state index in [4.69, 9.17) is 0 Å². The molecule has 1 saturated heterocycles. The number of rotatable bonds is 3. The fraction of sp³-hybridized carbons (Fsp3) is 0.357. The van der Waals surface area contributed by atoms with Crippen molar-refractivity contribution in [2.45, 2.75) is 13.8 Å². The van der Waals surface area contributed by atoms with Gasteiger partial charge in [0.2, 0.25) is 11.8 Å². The first kappa shape index (κ1) is 14.0. The van der Waals surface area contributed by atoms with Crippen molar-refractivity contribution in [2.24, 2.45) is 0 Å². The van der Waals surface area contributed by atoms with Crippen LogP contribution in [0.15, 0.2) is 18.2 Å². The highest BCUT2D eigenvalue weighted by Gasteiger charge is 2.28. The van der Waals surface area contributed by atoms with Crippen LogP contribution >= 0.6 is 0 Å². The van der Waals surface area contributed by atoms with Gasteiger partial charge < -0.3 is 10.2 Å². The Bertz CT molecular complexity index is 553. The minimum Gasteiger partial charge on any atom is -0.385 e. The van der Waals surface area contributed by atoms with Gasteiger partial charge in [-0.3, -0.25) is 19.7 Å². The standard InChI is InChI=1S/C14H17N3O3/c1-3-15-11-6-9(2)4-5-10(11)14(20)17-7-12(18)16-13(19)8-17/h4-6,15H,3,7-8H2,1-2H3,(H,16,18,19). The normalized spacial score (nSPS) is 15.0. The number of amides is 3. The molecule has 0 radical (unpaired) electrons. The number of piperazine rings is 1. The van der Waals surface area contributed by atoms with Gasteiger partial charge in [-0.2, -0.15) is 0 Å². The highest BCUT2D eigenvalue weighted by molar-refractivity contribution is 6.07. The summed E-state index contributed by atoms with van der Waals surface area (Å²) in [6, 6.07) is 5.43. The second kappa shape index (κ2) is 5.73. The van der Waals surface area contributed by atoms with Crippen LogP contribution in [0.2, 0.25) is 0 Å². The molecule has 3 amide bonds. The Morgan fingerprint density at radius 3 is 2.55 bits per heavy atom. The van der Waals surface area contributed by atoms with Crippen LogP contribution in [0.4, 0.5) is 5.69 Å². The monoisotopic (exact) mass is 275 g/mol. The number of benzene rings is 1. The fourth-order valence-electron chi connectivity index (χ4n) is 2.13. The summed E-state index contributed by atoms with van der Waals surface area (Å²) >= 11 is 0. The Morgan fingerprint density at radius 1 is 1.30 bits per heavy atom. The third-order valence-electron chi connectivity index (χ3n) is 3.01. The second-order valence-corrected chi connectivity index (χ2v) is 4.71. The van der Waals surface area contributed by atoms with Gasteiger partial charge in [-0.05, 0) is 31.5 Å². The largest absolute Gasteiger partial charge is 0.385 e. The first-order chi connectivity index (χ1) is 9.51. The van der Waals surface area contributed by atoms with Crippen LogP contribution in [0.1, 0.15) is 22.8 Å². The number of hydrogen-bond acceptors (Lipinski definition) is 4. The molecule has 6 heteroatoms. The summed E-state index contributed by atoms with van der Waals surface area (Å²) in [5.41, 5.74) is 2.22. The van der Waals surface area contributed by atoms with Gasteiger partial charge in [0.1, 0.15) is 13.1 Å². The molecular formula is C14H17N3O3. The molecule has 1 heterocycles. The molecule has 0 atom stereocenters. The predicted molar refractivity (Wildman–Crippen MR) is 74.4 cm³/mol. The van der Waals surface area contributed by atoms with Crippen LogP contribution in [-0.2, 0) is 9.59 Å². The molecule has 0 saturated carbocycles. The molecule has 0 unspecified atom stereocenters. The SMILES string of the molecule is CCNc1cc(C)ccc1C(=O)N1CC(=O)NC(=O)C1. The zero-order chi connectivity index (χ0) is 14.7. The number of imide groups is 1. The molecule has 0 bridgehead atoms. The smallest absolute Gasteiger partial charge is 0.256 e. The Hall–Kier alpha value is -2.37. The number of nitrogens with zero attached hydrogens (tertiary/aromatic N) is 1. The molecule has 2 rings (SSSR count). The highest BCUT2D eigenvalue weighted by atomic mass is 16.2. The molecule has 20 heavy (non-hydrogen) atoms. The summed E-state index contributed by atoms with van der Waals surface area (Å²) in [6.45, 7) is 4.37. The molecule has 0 spiro atoms. The summed E-state index contributed by atoms with van der Waals surface area (Å²) < 4.78 is 0. The van der Waals surface area contributed by atoms with Crippen LogP contribution in [-0.4, -0.2) is 42.3 Å². The van der Waals surface area contributed by atoms with E-state index in [0.29, 0.717) is 12.1 Å². The summed E-state index contributed by atoms with van der Waals surface area (Å²) in [6.07, 6.45) is 0. The van der Waals surface area contributed by atoms with Crippen molar-refractivity contribution in [1.29, 1.82) is 0 Å². The van der Waals surface area contributed by atoms with Crippen LogP contribution in [0.25, 0.3) is 0 Å². The number of anilines is 1. The van der Waals surface area contributed by atoms with Crippen LogP contribution in [0.5, 0.6) is 0 Å². The van der Waals surface area contributed by atoms with E-state index >= 15 is 0 Å². The topological polar surface area (TPSA) is 78.5 Å². The summed E-state index contributed by atoms with van der Waals surface area (Å²) in [5, 5.41) is 5.30. The highest BCUT2D eigenvalue weighted by Crippen LogP contribution is 2.20. The van der Waals surface area contributed by atoms with Crippen molar-refractivity contribution in [3.8, 4) is 0 Å². The van der Waals surface area contributed by atoms with Gasteiger partial charge in [-0.1, -0.05) is 6.07 Å². The second-order valence-electron chi connectivity index (χ2n) is 4.71. The number of carbonyl (C=O) groups is 3.